The first kappa shape index (κ1) is 26.4. The summed E-state index contributed by atoms with van der Waals surface area (Å²) in [6, 6.07) is 6.97. The molecule has 0 radical (unpaired) electrons. The number of aliphatic hydroxyl groups is 1. The first-order chi connectivity index (χ1) is 18.5. The number of ether oxygens (including phenoxy) is 2. The Morgan fingerprint density at radius 2 is 1.82 bits per heavy atom. The lowest BCUT2D eigenvalue weighted by Crippen LogP contribution is -2.55. The number of unbranched alkanes of at least 4 members (excludes halogenated alkanes) is 1. The van der Waals surface area contributed by atoms with Crippen molar-refractivity contribution in [2.45, 2.75) is 50.9 Å². The Morgan fingerprint density at radius 3 is 2.53 bits per heavy atom. The highest BCUT2D eigenvalue weighted by Gasteiger charge is 2.71. The number of esters is 1. The van der Waals surface area contributed by atoms with Crippen LogP contribution in [0.2, 0.25) is 0 Å². The van der Waals surface area contributed by atoms with Crippen LogP contribution in [0.3, 0.4) is 0 Å². The van der Waals surface area contributed by atoms with Crippen LogP contribution in [-0.2, 0) is 23.9 Å². The van der Waals surface area contributed by atoms with Gasteiger partial charge in [0.1, 0.15) is 17.6 Å². The van der Waals surface area contributed by atoms with Crippen LogP contribution in [0.15, 0.2) is 48.6 Å². The Kier molecular flexibility index (Phi) is 7.59. The molecule has 4 aliphatic heterocycles. The zero-order valence-electron chi connectivity index (χ0n) is 22.1. The maximum atomic E-state index is 14.3. The highest BCUT2D eigenvalue weighted by Crippen LogP contribution is 2.53. The summed E-state index contributed by atoms with van der Waals surface area (Å²) in [5.74, 6) is -2.64. The van der Waals surface area contributed by atoms with E-state index in [9.17, 15) is 19.5 Å². The Morgan fingerprint density at radius 1 is 1.05 bits per heavy atom. The van der Waals surface area contributed by atoms with Crippen molar-refractivity contribution < 1.29 is 29.0 Å². The first-order valence-electron chi connectivity index (χ1n) is 13.7. The fraction of sp³-hybridized carbons (Fsp3) is 0.552. The number of hydrogen-bond donors (Lipinski definition) is 1. The van der Waals surface area contributed by atoms with Crippen LogP contribution in [-0.4, -0.2) is 84.9 Å². The van der Waals surface area contributed by atoms with Crippen molar-refractivity contribution in [1.29, 1.82) is 0 Å². The Labute approximate surface area is 223 Å². The summed E-state index contributed by atoms with van der Waals surface area (Å²) in [6.45, 7) is 6.85. The largest absolute Gasteiger partial charge is 0.465 e. The van der Waals surface area contributed by atoms with E-state index in [-0.39, 0.29) is 25.0 Å². The van der Waals surface area contributed by atoms with Crippen molar-refractivity contribution in [3.8, 4) is 0 Å². The second-order valence-electron chi connectivity index (χ2n) is 10.2. The number of hydrogen-bond acceptors (Lipinski definition) is 7. The smallest absolute Gasteiger partial charge is 0.312 e. The molecule has 204 valence electrons. The summed E-state index contributed by atoms with van der Waals surface area (Å²) < 4.78 is 12.0. The molecule has 38 heavy (non-hydrogen) atoms. The van der Waals surface area contributed by atoms with Gasteiger partial charge in [0.15, 0.2) is 0 Å². The summed E-state index contributed by atoms with van der Waals surface area (Å²) in [5, 5.41) is 9.34. The zero-order chi connectivity index (χ0) is 26.9. The molecule has 0 aliphatic carbocycles. The standard InChI is InChI=1S/C29H37N3O6/c1-3-30(4-2)20-11-13-21(14-12-20)31-17-9-15-29-24(23-22(38-29)10-5-8-19-37-28(23)36)26(34)32(16-6-7-18-33)25(29)27(31)35/h5,9-15,22-25,33H,3-4,6-8,16-19H2,1-2H3/t22-,23+,24+,25?,29+/m1/s1. The molecule has 0 aromatic heterocycles. The summed E-state index contributed by atoms with van der Waals surface area (Å²) in [7, 11) is 0. The third-order valence-electron chi connectivity index (χ3n) is 8.22. The number of anilines is 2. The van der Waals surface area contributed by atoms with Gasteiger partial charge >= 0.3 is 5.97 Å². The van der Waals surface area contributed by atoms with Crippen LogP contribution in [0.4, 0.5) is 11.4 Å². The van der Waals surface area contributed by atoms with E-state index in [1.54, 1.807) is 9.80 Å². The Hall–Kier alpha value is -3.17. The fourth-order valence-electron chi connectivity index (χ4n) is 6.40. The number of rotatable bonds is 8. The van der Waals surface area contributed by atoms with Crippen molar-refractivity contribution in [3.63, 3.8) is 0 Å². The van der Waals surface area contributed by atoms with Crippen molar-refractivity contribution in [3.05, 3.63) is 48.6 Å². The monoisotopic (exact) mass is 523 g/mol. The van der Waals surface area contributed by atoms with Gasteiger partial charge in [-0.25, -0.2) is 0 Å². The van der Waals surface area contributed by atoms with Crippen LogP contribution < -0.4 is 9.80 Å². The summed E-state index contributed by atoms with van der Waals surface area (Å²) in [6.07, 6.45) is 8.44. The normalized spacial score (nSPS) is 30.3. The summed E-state index contributed by atoms with van der Waals surface area (Å²) in [4.78, 5) is 46.9. The third kappa shape index (κ3) is 4.31. The predicted octanol–water partition coefficient (Wildman–Crippen LogP) is 2.29. The van der Waals surface area contributed by atoms with E-state index in [2.05, 4.69) is 18.7 Å². The molecule has 1 aromatic rings. The van der Waals surface area contributed by atoms with Crippen LogP contribution >= 0.6 is 0 Å². The molecule has 4 aliphatic rings. The van der Waals surface area contributed by atoms with E-state index in [4.69, 9.17) is 9.47 Å². The van der Waals surface area contributed by atoms with Gasteiger partial charge in [-0.05, 0) is 57.4 Å². The van der Waals surface area contributed by atoms with E-state index in [0.717, 1.165) is 24.5 Å². The number of fused-ring (bicyclic) bond motifs is 2. The van der Waals surface area contributed by atoms with Gasteiger partial charge in [-0.2, -0.15) is 0 Å². The minimum Gasteiger partial charge on any atom is -0.465 e. The lowest BCUT2D eigenvalue weighted by molar-refractivity contribution is -0.154. The molecule has 2 amide bonds. The van der Waals surface area contributed by atoms with Crippen molar-refractivity contribution in [2.75, 3.05) is 49.2 Å². The molecule has 5 atom stereocenters. The van der Waals surface area contributed by atoms with Gasteiger partial charge in [0.2, 0.25) is 5.91 Å². The number of amides is 2. The quantitative estimate of drug-likeness (QED) is 0.317. The maximum Gasteiger partial charge on any atom is 0.312 e. The second-order valence-corrected chi connectivity index (χ2v) is 10.2. The minimum atomic E-state index is -1.27. The van der Waals surface area contributed by atoms with Crippen molar-refractivity contribution in [2.24, 2.45) is 11.8 Å². The average molecular weight is 524 g/mol. The van der Waals surface area contributed by atoms with Crippen LogP contribution in [0.1, 0.15) is 33.1 Å². The Balaban J connectivity index is 1.53. The number of nitrogens with zero attached hydrogens (tertiary/aromatic N) is 3. The van der Waals surface area contributed by atoms with E-state index < -0.39 is 35.6 Å². The molecule has 1 aromatic carbocycles. The van der Waals surface area contributed by atoms with E-state index >= 15 is 0 Å². The van der Waals surface area contributed by atoms with E-state index in [1.807, 2.05) is 48.6 Å². The van der Waals surface area contributed by atoms with E-state index in [1.165, 1.54) is 0 Å². The SMILES string of the molecule is CCN(CC)c1ccc(N2CC=C[C@]34O[C@@H]5C=CCCOC(=O)[C@@H]5[C@H]3C(=O)N(CCCCO)C4C2=O)cc1. The highest BCUT2D eigenvalue weighted by atomic mass is 16.6. The molecule has 0 saturated carbocycles. The zero-order valence-corrected chi connectivity index (χ0v) is 22.1. The number of likely N-dealkylation sites (tertiary alicyclic amines) is 1. The van der Waals surface area contributed by atoms with Crippen molar-refractivity contribution >= 4 is 29.2 Å². The number of carbonyl (C=O) groups is 3. The van der Waals surface area contributed by atoms with Crippen molar-refractivity contribution in [1.82, 2.24) is 4.90 Å². The van der Waals surface area contributed by atoms with Gasteiger partial charge in [0.25, 0.3) is 5.91 Å². The maximum absolute atomic E-state index is 14.3. The number of benzene rings is 1. The number of cyclic esters (lactones) is 1. The molecule has 1 unspecified atom stereocenters. The molecular formula is C29H37N3O6. The van der Waals surface area contributed by atoms with Crippen LogP contribution in [0.25, 0.3) is 0 Å². The van der Waals surface area contributed by atoms with Gasteiger partial charge in [-0.15, -0.1) is 0 Å². The van der Waals surface area contributed by atoms with Gasteiger partial charge in [-0.3, -0.25) is 14.4 Å². The first-order valence-corrected chi connectivity index (χ1v) is 13.7. The minimum absolute atomic E-state index is 0.00154. The van der Waals surface area contributed by atoms with Gasteiger partial charge in [0.05, 0.1) is 18.6 Å². The summed E-state index contributed by atoms with van der Waals surface area (Å²) in [5.41, 5.74) is 0.546. The molecule has 1 N–H and O–H groups in total. The van der Waals surface area contributed by atoms with Crippen LogP contribution in [0, 0.1) is 11.8 Å². The molecule has 5 rings (SSSR count). The summed E-state index contributed by atoms with van der Waals surface area (Å²) >= 11 is 0. The molecule has 2 fully saturated rings. The van der Waals surface area contributed by atoms with Crippen LogP contribution in [0.5, 0.6) is 0 Å². The number of aliphatic hydroxyl groups excluding tert-OH is 1. The van der Waals surface area contributed by atoms with Gasteiger partial charge < -0.3 is 29.3 Å². The van der Waals surface area contributed by atoms with Gasteiger partial charge in [-0.1, -0.05) is 24.3 Å². The molecule has 2 saturated heterocycles. The fourth-order valence-corrected chi connectivity index (χ4v) is 6.40. The third-order valence-corrected chi connectivity index (χ3v) is 8.22. The number of carbonyl (C=O) groups excluding carboxylic acids is 3. The highest BCUT2D eigenvalue weighted by molar-refractivity contribution is 6.05. The lowest BCUT2D eigenvalue weighted by atomic mass is 9.77. The molecule has 1 spiro atoms. The molecule has 9 heteroatoms. The Bertz CT molecular complexity index is 1110. The molecule has 4 heterocycles. The second kappa shape index (κ2) is 10.9. The predicted molar refractivity (Wildman–Crippen MR) is 143 cm³/mol. The van der Waals surface area contributed by atoms with E-state index in [0.29, 0.717) is 32.4 Å². The average Bonchev–Trinajstić information content (AvgIpc) is 3.28. The topological polar surface area (TPSA) is 99.6 Å². The molecule has 0 bridgehead atoms. The molecular weight excluding hydrogens is 486 g/mol. The molecule has 9 nitrogen and oxygen atoms in total. The lowest BCUT2D eigenvalue weighted by Gasteiger charge is -2.35. The van der Waals surface area contributed by atoms with Gasteiger partial charge in [0, 0.05) is 44.2 Å².